The summed E-state index contributed by atoms with van der Waals surface area (Å²) in [4.78, 5) is 11.5. The zero-order chi connectivity index (χ0) is 12.3. The van der Waals surface area contributed by atoms with Gasteiger partial charge < -0.3 is 9.15 Å². The van der Waals surface area contributed by atoms with Crippen LogP contribution in [0, 0.1) is 0 Å². The van der Waals surface area contributed by atoms with Gasteiger partial charge in [-0.1, -0.05) is 37.3 Å². The Kier molecular flexibility index (Phi) is 3.28. The highest BCUT2D eigenvalue weighted by molar-refractivity contribution is 5.90. The normalized spacial score (nSPS) is 10.2. The zero-order valence-corrected chi connectivity index (χ0v) is 9.90. The number of carbonyl (C=O) groups excluding carboxylic acids is 1. The van der Waals surface area contributed by atoms with Crippen LogP contribution in [0.2, 0.25) is 0 Å². The smallest absolute Gasteiger partial charge is 0.374 e. The molecule has 0 unspecified atom stereocenters. The first-order chi connectivity index (χ1) is 8.27. The third-order valence-corrected chi connectivity index (χ3v) is 2.70. The van der Waals surface area contributed by atoms with E-state index in [1.165, 1.54) is 7.11 Å². The molecular weight excluding hydrogens is 216 g/mol. The van der Waals surface area contributed by atoms with Crippen molar-refractivity contribution in [2.24, 2.45) is 0 Å². The van der Waals surface area contributed by atoms with Crippen LogP contribution in [0.3, 0.4) is 0 Å². The molecule has 1 heterocycles. The molecule has 0 radical (unpaired) electrons. The van der Waals surface area contributed by atoms with E-state index < -0.39 is 5.97 Å². The second kappa shape index (κ2) is 4.87. The Balaban J connectivity index is 2.50. The van der Waals surface area contributed by atoms with Gasteiger partial charge in [0.25, 0.3) is 0 Å². The molecule has 0 saturated heterocycles. The Hall–Kier alpha value is -2.03. The largest absolute Gasteiger partial charge is 0.463 e. The molecule has 2 aromatic rings. The Morgan fingerprint density at radius 1 is 1.29 bits per heavy atom. The number of hydrogen-bond acceptors (Lipinski definition) is 3. The van der Waals surface area contributed by atoms with Gasteiger partial charge in [0.2, 0.25) is 5.76 Å². The second-order valence-electron chi connectivity index (χ2n) is 3.67. The van der Waals surface area contributed by atoms with E-state index in [4.69, 9.17) is 9.15 Å². The number of hydrogen-bond donors (Lipinski definition) is 0. The molecule has 17 heavy (non-hydrogen) atoms. The van der Waals surface area contributed by atoms with Gasteiger partial charge in [-0.2, -0.15) is 0 Å². The quantitative estimate of drug-likeness (QED) is 0.759. The summed E-state index contributed by atoms with van der Waals surface area (Å²) in [5.74, 6) is -0.127. The van der Waals surface area contributed by atoms with Crippen molar-refractivity contribution in [2.75, 3.05) is 7.11 Å². The standard InChI is InChI=1S/C14H14O3/c1-3-11-12(10-7-5-4-6-8-10)9-17-13(11)14(15)16-2/h4-9H,3H2,1-2H3. The number of benzene rings is 1. The molecule has 3 heteroatoms. The lowest BCUT2D eigenvalue weighted by Crippen LogP contribution is -2.02. The van der Waals surface area contributed by atoms with Crippen LogP contribution in [0.4, 0.5) is 0 Å². The zero-order valence-electron chi connectivity index (χ0n) is 9.90. The lowest BCUT2D eigenvalue weighted by Gasteiger charge is -2.02. The van der Waals surface area contributed by atoms with Gasteiger partial charge in [-0.15, -0.1) is 0 Å². The van der Waals surface area contributed by atoms with E-state index >= 15 is 0 Å². The Morgan fingerprint density at radius 2 is 2.00 bits per heavy atom. The fraction of sp³-hybridized carbons (Fsp3) is 0.214. The molecule has 1 aromatic carbocycles. The average molecular weight is 230 g/mol. The maximum atomic E-state index is 11.5. The van der Waals surface area contributed by atoms with Crippen LogP contribution in [0.1, 0.15) is 23.0 Å². The second-order valence-corrected chi connectivity index (χ2v) is 3.67. The van der Waals surface area contributed by atoms with Crippen LogP contribution >= 0.6 is 0 Å². The maximum absolute atomic E-state index is 11.5. The van der Waals surface area contributed by atoms with Gasteiger partial charge in [0.15, 0.2) is 0 Å². The van der Waals surface area contributed by atoms with Gasteiger partial charge in [-0.25, -0.2) is 4.79 Å². The summed E-state index contributed by atoms with van der Waals surface area (Å²) in [5, 5.41) is 0. The maximum Gasteiger partial charge on any atom is 0.374 e. The van der Waals surface area contributed by atoms with E-state index in [-0.39, 0.29) is 0 Å². The average Bonchev–Trinajstić information content (AvgIpc) is 2.82. The predicted molar refractivity (Wildman–Crippen MR) is 64.9 cm³/mol. The summed E-state index contributed by atoms with van der Waals surface area (Å²) >= 11 is 0. The van der Waals surface area contributed by atoms with Crippen LogP contribution < -0.4 is 0 Å². The first-order valence-corrected chi connectivity index (χ1v) is 5.52. The number of ether oxygens (including phenoxy) is 1. The molecule has 0 aliphatic rings. The van der Waals surface area contributed by atoms with Crippen molar-refractivity contribution in [3.63, 3.8) is 0 Å². The highest BCUT2D eigenvalue weighted by Crippen LogP contribution is 2.28. The molecule has 0 amide bonds. The van der Waals surface area contributed by atoms with Crippen molar-refractivity contribution in [2.45, 2.75) is 13.3 Å². The third kappa shape index (κ3) is 2.09. The Morgan fingerprint density at radius 3 is 2.59 bits per heavy atom. The summed E-state index contributed by atoms with van der Waals surface area (Å²) in [7, 11) is 1.35. The van der Waals surface area contributed by atoms with E-state index in [1.807, 2.05) is 37.3 Å². The topological polar surface area (TPSA) is 39.4 Å². The number of rotatable bonds is 3. The minimum absolute atomic E-state index is 0.300. The van der Waals surface area contributed by atoms with Crippen LogP contribution in [-0.2, 0) is 11.2 Å². The van der Waals surface area contributed by atoms with E-state index in [0.29, 0.717) is 5.76 Å². The summed E-state index contributed by atoms with van der Waals surface area (Å²) < 4.78 is 10.0. The minimum atomic E-state index is -0.427. The Bertz CT molecular complexity index is 512. The molecule has 0 fully saturated rings. The monoisotopic (exact) mass is 230 g/mol. The number of esters is 1. The fourth-order valence-electron chi connectivity index (χ4n) is 1.86. The third-order valence-electron chi connectivity index (χ3n) is 2.70. The number of carbonyl (C=O) groups is 1. The van der Waals surface area contributed by atoms with Gasteiger partial charge in [0, 0.05) is 11.1 Å². The lowest BCUT2D eigenvalue weighted by molar-refractivity contribution is 0.0563. The van der Waals surface area contributed by atoms with Crippen LogP contribution in [-0.4, -0.2) is 13.1 Å². The molecule has 0 bridgehead atoms. The Labute approximate surface area is 100 Å². The molecule has 0 saturated carbocycles. The molecule has 3 nitrogen and oxygen atoms in total. The predicted octanol–water partition coefficient (Wildman–Crippen LogP) is 3.30. The highest BCUT2D eigenvalue weighted by Gasteiger charge is 2.19. The number of methoxy groups -OCH3 is 1. The highest BCUT2D eigenvalue weighted by atomic mass is 16.5. The summed E-state index contributed by atoms with van der Waals surface area (Å²) in [6.45, 7) is 1.99. The fourth-order valence-corrected chi connectivity index (χ4v) is 1.86. The molecule has 0 N–H and O–H groups in total. The van der Waals surface area contributed by atoms with Crippen molar-refractivity contribution < 1.29 is 13.9 Å². The van der Waals surface area contributed by atoms with Crippen molar-refractivity contribution in [3.05, 3.63) is 47.9 Å². The number of furan rings is 1. The SMILES string of the molecule is CCc1c(-c2ccccc2)coc1C(=O)OC. The van der Waals surface area contributed by atoms with Crippen molar-refractivity contribution in [1.29, 1.82) is 0 Å². The molecule has 88 valence electrons. The van der Waals surface area contributed by atoms with E-state index in [2.05, 4.69) is 0 Å². The molecule has 2 rings (SSSR count). The molecule has 0 spiro atoms. The summed E-state index contributed by atoms with van der Waals surface area (Å²) in [6.07, 6.45) is 2.34. The van der Waals surface area contributed by atoms with E-state index in [9.17, 15) is 4.79 Å². The first-order valence-electron chi connectivity index (χ1n) is 5.52. The first kappa shape index (κ1) is 11.5. The van der Waals surface area contributed by atoms with Gasteiger partial charge in [-0.3, -0.25) is 0 Å². The summed E-state index contributed by atoms with van der Waals surface area (Å²) in [6, 6.07) is 9.85. The summed E-state index contributed by atoms with van der Waals surface area (Å²) in [5.41, 5.74) is 2.89. The van der Waals surface area contributed by atoms with Gasteiger partial charge in [0.05, 0.1) is 13.4 Å². The van der Waals surface area contributed by atoms with Gasteiger partial charge in [-0.05, 0) is 12.0 Å². The van der Waals surface area contributed by atoms with E-state index in [1.54, 1.807) is 6.26 Å². The minimum Gasteiger partial charge on any atom is -0.463 e. The van der Waals surface area contributed by atoms with Crippen molar-refractivity contribution in [1.82, 2.24) is 0 Å². The van der Waals surface area contributed by atoms with Gasteiger partial charge in [0.1, 0.15) is 0 Å². The van der Waals surface area contributed by atoms with E-state index in [0.717, 1.165) is 23.1 Å². The van der Waals surface area contributed by atoms with Crippen LogP contribution in [0.15, 0.2) is 41.0 Å². The van der Waals surface area contributed by atoms with Crippen LogP contribution in [0.5, 0.6) is 0 Å². The molecule has 1 aromatic heterocycles. The molecule has 0 aliphatic heterocycles. The van der Waals surface area contributed by atoms with Crippen LogP contribution in [0.25, 0.3) is 11.1 Å². The molecular formula is C14H14O3. The molecule has 0 aliphatic carbocycles. The lowest BCUT2D eigenvalue weighted by atomic mass is 10.0. The van der Waals surface area contributed by atoms with Gasteiger partial charge >= 0.3 is 5.97 Å². The van der Waals surface area contributed by atoms with Crippen molar-refractivity contribution in [3.8, 4) is 11.1 Å². The molecule has 0 atom stereocenters. The van der Waals surface area contributed by atoms with Crippen molar-refractivity contribution >= 4 is 5.97 Å².